The molecule has 0 radical (unpaired) electrons. The molecule has 2 heteroatoms. The summed E-state index contributed by atoms with van der Waals surface area (Å²) in [6.07, 6.45) is 2.64. The van der Waals surface area contributed by atoms with Crippen LogP contribution in [0.1, 0.15) is 43.4 Å². The summed E-state index contributed by atoms with van der Waals surface area (Å²) in [5.41, 5.74) is 7.60. The lowest BCUT2D eigenvalue weighted by atomic mass is 10.0. The molecule has 0 aliphatic carbocycles. The van der Waals surface area contributed by atoms with Crippen molar-refractivity contribution in [3.05, 3.63) is 41.2 Å². The second-order valence-corrected chi connectivity index (χ2v) is 3.91. The zero-order valence-corrected chi connectivity index (χ0v) is 10.7. The van der Waals surface area contributed by atoms with Gasteiger partial charge < -0.3 is 5.73 Å². The summed E-state index contributed by atoms with van der Waals surface area (Å²) in [5, 5.41) is 0. The van der Waals surface area contributed by atoms with Gasteiger partial charge in [0.1, 0.15) is 5.82 Å². The van der Waals surface area contributed by atoms with E-state index < -0.39 is 0 Å². The van der Waals surface area contributed by atoms with Gasteiger partial charge in [-0.3, -0.25) is 0 Å². The Morgan fingerprint density at radius 1 is 1.19 bits per heavy atom. The maximum Gasteiger partial charge on any atom is 0.135 e. The lowest BCUT2D eigenvalue weighted by molar-refractivity contribution is 0.613. The van der Waals surface area contributed by atoms with E-state index >= 15 is 0 Å². The second kappa shape index (κ2) is 7.04. The predicted octanol–water partition coefficient (Wildman–Crippen LogP) is 4.18. The number of unbranched alkanes of at least 4 members (excludes halogenated alkanes) is 1. The van der Waals surface area contributed by atoms with Crippen LogP contribution in [0.2, 0.25) is 0 Å². The van der Waals surface area contributed by atoms with Crippen LogP contribution in [0.5, 0.6) is 0 Å². The topological polar surface area (TPSA) is 26.0 Å². The molecule has 0 fully saturated rings. The predicted molar refractivity (Wildman–Crippen MR) is 69.7 cm³/mol. The van der Waals surface area contributed by atoms with Crippen LogP contribution >= 0.6 is 0 Å². The first-order chi connectivity index (χ1) is 7.45. The normalized spacial score (nSPS) is 9.31. The average molecular weight is 223 g/mol. The molecule has 1 aromatic carbocycles. The van der Waals surface area contributed by atoms with E-state index in [0.29, 0.717) is 11.1 Å². The Balaban J connectivity index is 0.000000487. The Morgan fingerprint density at radius 2 is 1.62 bits per heavy atom. The maximum atomic E-state index is 13.4. The van der Waals surface area contributed by atoms with E-state index in [0.717, 1.165) is 5.56 Å². The van der Waals surface area contributed by atoms with Gasteiger partial charge in [-0.2, -0.15) is 0 Å². The molecule has 1 nitrogen and oxygen atoms in total. The molecule has 0 unspecified atom stereocenters. The molecule has 1 rings (SSSR count). The molecule has 0 aromatic heterocycles. The van der Waals surface area contributed by atoms with Gasteiger partial charge in [0, 0.05) is 11.3 Å². The van der Waals surface area contributed by atoms with E-state index in [4.69, 9.17) is 5.73 Å². The quantitative estimate of drug-likeness (QED) is 0.799. The van der Waals surface area contributed by atoms with E-state index in [-0.39, 0.29) is 11.5 Å². The highest BCUT2D eigenvalue weighted by Crippen LogP contribution is 2.20. The lowest BCUT2D eigenvalue weighted by Crippen LogP contribution is -2.02. The molecule has 0 spiro atoms. The van der Waals surface area contributed by atoms with Gasteiger partial charge in [0.15, 0.2) is 0 Å². The summed E-state index contributed by atoms with van der Waals surface area (Å²) >= 11 is 0. The third-order valence-corrected chi connectivity index (χ3v) is 2.36. The van der Waals surface area contributed by atoms with Gasteiger partial charge >= 0.3 is 0 Å². The van der Waals surface area contributed by atoms with Gasteiger partial charge in [-0.1, -0.05) is 45.4 Å². The Bertz CT molecular complexity index is 354. The summed E-state index contributed by atoms with van der Waals surface area (Å²) in [7, 11) is 0. The lowest BCUT2D eigenvalue weighted by Gasteiger charge is -2.07. The van der Waals surface area contributed by atoms with Crippen LogP contribution in [-0.4, -0.2) is 0 Å². The fourth-order valence-electron chi connectivity index (χ4n) is 1.17. The second-order valence-electron chi connectivity index (χ2n) is 3.91. The Labute approximate surface area is 98.2 Å². The van der Waals surface area contributed by atoms with E-state index in [9.17, 15) is 4.39 Å². The zero-order valence-electron chi connectivity index (χ0n) is 10.7. The molecule has 0 aliphatic heterocycles. The number of nitrogens with two attached hydrogens (primary N) is 1. The summed E-state index contributed by atoms with van der Waals surface area (Å²) in [6, 6.07) is 3.57. The van der Waals surface area contributed by atoms with Crippen LogP contribution < -0.4 is 5.73 Å². The molecule has 0 aliphatic rings. The number of rotatable bonds is 2. The van der Waals surface area contributed by atoms with Gasteiger partial charge in [0.2, 0.25) is 0 Å². The fourth-order valence-corrected chi connectivity index (χ4v) is 1.17. The van der Waals surface area contributed by atoms with Crippen molar-refractivity contribution in [1.29, 1.82) is 0 Å². The first-order valence-corrected chi connectivity index (χ1v) is 5.66. The highest BCUT2D eigenvalue weighted by Gasteiger charge is 2.08. The first kappa shape index (κ1) is 14.7. The van der Waals surface area contributed by atoms with Gasteiger partial charge in [-0.15, -0.1) is 0 Å². The average Bonchev–Trinajstić information content (AvgIpc) is 2.24. The Hall–Kier alpha value is -1.31. The molecule has 0 saturated carbocycles. The summed E-state index contributed by atoms with van der Waals surface area (Å²) < 4.78 is 13.4. The molecule has 0 heterocycles. The minimum absolute atomic E-state index is 0.262. The van der Waals surface area contributed by atoms with Crippen LogP contribution in [0.4, 0.5) is 4.39 Å². The van der Waals surface area contributed by atoms with Crippen molar-refractivity contribution in [3.63, 3.8) is 0 Å². The van der Waals surface area contributed by atoms with Crippen molar-refractivity contribution in [2.45, 2.75) is 40.5 Å². The molecule has 2 N–H and O–H groups in total. The maximum absolute atomic E-state index is 13.4. The number of aryl methyl sites for hydroxylation is 2. The van der Waals surface area contributed by atoms with Crippen molar-refractivity contribution in [2.75, 3.05) is 0 Å². The molecule has 0 bridgehead atoms. The summed E-state index contributed by atoms with van der Waals surface area (Å²) in [4.78, 5) is 0. The molecular formula is C14H22FN. The van der Waals surface area contributed by atoms with Crippen molar-refractivity contribution >= 4 is 5.70 Å². The summed E-state index contributed by atoms with van der Waals surface area (Å²) in [5.74, 6) is -0.262. The molecule has 0 saturated heterocycles. The smallest absolute Gasteiger partial charge is 0.135 e. The minimum atomic E-state index is -0.262. The van der Waals surface area contributed by atoms with E-state index in [2.05, 4.69) is 20.4 Å². The number of hydrogen-bond acceptors (Lipinski definition) is 1. The fraction of sp³-hybridized carbons (Fsp3) is 0.429. The molecular weight excluding hydrogens is 201 g/mol. The number of hydrogen-bond donors (Lipinski definition) is 1. The first-order valence-electron chi connectivity index (χ1n) is 5.66. The number of halogens is 1. The van der Waals surface area contributed by atoms with Crippen LogP contribution in [0.25, 0.3) is 5.70 Å². The van der Waals surface area contributed by atoms with E-state index in [1.54, 1.807) is 13.0 Å². The monoisotopic (exact) mass is 223 g/mol. The Morgan fingerprint density at radius 3 is 1.94 bits per heavy atom. The van der Waals surface area contributed by atoms with Crippen molar-refractivity contribution < 1.29 is 4.39 Å². The minimum Gasteiger partial charge on any atom is -0.399 e. The van der Waals surface area contributed by atoms with Crippen LogP contribution in [-0.2, 0) is 0 Å². The Kier molecular flexibility index (Phi) is 6.47. The van der Waals surface area contributed by atoms with Crippen molar-refractivity contribution in [1.82, 2.24) is 0 Å². The van der Waals surface area contributed by atoms with Crippen LogP contribution in [0, 0.1) is 19.7 Å². The highest BCUT2D eigenvalue weighted by atomic mass is 19.1. The SMILES string of the molecule is C=C(N)c1c(C)ccc(C)c1F.CCCC. The molecule has 1 aromatic rings. The molecule has 0 amide bonds. The van der Waals surface area contributed by atoms with E-state index in [1.807, 2.05) is 13.0 Å². The summed E-state index contributed by atoms with van der Waals surface area (Å²) in [6.45, 7) is 11.4. The van der Waals surface area contributed by atoms with Crippen molar-refractivity contribution in [3.8, 4) is 0 Å². The highest BCUT2D eigenvalue weighted by molar-refractivity contribution is 5.64. The van der Waals surface area contributed by atoms with Gasteiger partial charge in [-0.05, 0) is 25.0 Å². The standard InChI is InChI=1S/C10H12FN.C4H10/c1-6-4-5-7(2)10(11)9(6)8(3)12;1-3-4-2/h4-5H,3,12H2,1-2H3;3-4H2,1-2H3. The molecule has 0 atom stereocenters. The number of benzene rings is 1. The third-order valence-electron chi connectivity index (χ3n) is 2.36. The van der Waals surface area contributed by atoms with Crippen LogP contribution in [0.15, 0.2) is 18.7 Å². The molecule has 90 valence electrons. The van der Waals surface area contributed by atoms with Gasteiger partial charge in [-0.25, -0.2) is 4.39 Å². The van der Waals surface area contributed by atoms with Crippen LogP contribution in [0.3, 0.4) is 0 Å². The van der Waals surface area contributed by atoms with Crippen molar-refractivity contribution in [2.24, 2.45) is 5.73 Å². The third kappa shape index (κ3) is 4.05. The largest absolute Gasteiger partial charge is 0.399 e. The zero-order chi connectivity index (χ0) is 12.7. The molecule has 16 heavy (non-hydrogen) atoms. The van der Waals surface area contributed by atoms with Gasteiger partial charge in [0.05, 0.1) is 0 Å². The van der Waals surface area contributed by atoms with E-state index in [1.165, 1.54) is 12.8 Å². The van der Waals surface area contributed by atoms with Gasteiger partial charge in [0.25, 0.3) is 0 Å².